The molecular formula is C24H20BClN6O. The summed E-state index contributed by atoms with van der Waals surface area (Å²) in [4.78, 5) is 18.9. The number of rotatable bonds is 7. The predicted octanol–water partition coefficient (Wildman–Crippen LogP) is 3.29. The molecule has 2 radical (unpaired) electrons. The standard InChI is InChI=1S/C24H20BClN6O/c1-31(24(33)17-7-4-6-16(12-17)14-27)11-5-10-28-22-13-21(18-8-2-3-9-20(18)26)30-23-19(25)15-29-32(22)23/h2-4,6-9,12-13,15,28H,5,10-11H2,1H3. The Bertz CT molecular complexity index is 1360. The van der Waals surface area contributed by atoms with Crippen LogP contribution in [0.5, 0.6) is 0 Å². The fourth-order valence-electron chi connectivity index (χ4n) is 3.49. The summed E-state index contributed by atoms with van der Waals surface area (Å²) in [5.41, 5.74) is 3.46. The van der Waals surface area contributed by atoms with Crippen LogP contribution in [-0.2, 0) is 0 Å². The third-order valence-corrected chi connectivity index (χ3v) is 5.54. The lowest BCUT2D eigenvalue weighted by Crippen LogP contribution is -2.29. The number of anilines is 1. The Hall–Kier alpha value is -3.83. The van der Waals surface area contributed by atoms with Crippen LogP contribution in [0.2, 0.25) is 5.02 Å². The van der Waals surface area contributed by atoms with Gasteiger partial charge in [0.25, 0.3) is 5.91 Å². The van der Waals surface area contributed by atoms with E-state index in [-0.39, 0.29) is 5.91 Å². The number of hydrogen-bond donors (Lipinski definition) is 1. The molecule has 0 saturated carbocycles. The van der Waals surface area contributed by atoms with Crippen molar-refractivity contribution in [2.45, 2.75) is 6.42 Å². The first kappa shape index (κ1) is 22.4. The molecule has 2 aromatic carbocycles. The average Bonchev–Trinajstić information content (AvgIpc) is 3.22. The summed E-state index contributed by atoms with van der Waals surface area (Å²) >= 11 is 6.37. The van der Waals surface area contributed by atoms with Gasteiger partial charge in [0.15, 0.2) is 5.65 Å². The van der Waals surface area contributed by atoms with Crippen molar-refractivity contribution in [2.24, 2.45) is 0 Å². The Labute approximate surface area is 198 Å². The third-order valence-electron chi connectivity index (χ3n) is 5.21. The highest BCUT2D eigenvalue weighted by Crippen LogP contribution is 2.28. The Morgan fingerprint density at radius 2 is 2.06 bits per heavy atom. The first-order valence-electron chi connectivity index (χ1n) is 10.4. The van der Waals surface area contributed by atoms with Gasteiger partial charge in [0.1, 0.15) is 13.7 Å². The van der Waals surface area contributed by atoms with E-state index >= 15 is 0 Å². The van der Waals surface area contributed by atoms with E-state index in [0.29, 0.717) is 52.5 Å². The zero-order valence-corrected chi connectivity index (χ0v) is 18.8. The molecule has 7 nitrogen and oxygen atoms in total. The van der Waals surface area contributed by atoms with E-state index in [2.05, 4.69) is 21.5 Å². The molecule has 0 atom stereocenters. The molecule has 1 amide bonds. The van der Waals surface area contributed by atoms with Crippen LogP contribution in [0, 0.1) is 11.3 Å². The summed E-state index contributed by atoms with van der Waals surface area (Å²) in [5, 5.41) is 17.3. The minimum atomic E-state index is -0.126. The van der Waals surface area contributed by atoms with E-state index < -0.39 is 0 Å². The quantitative estimate of drug-likeness (QED) is 0.342. The van der Waals surface area contributed by atoms with Gasteiger partial charge in [-0.1, -0.05) is 35.9 Å². The molecule has 9 heteroatoms. The number of nitriles is 1. The Morgan fingerprint density at radius 1 is 1.24 bits per heavy atom. The number of fused-ring (bicyclic) bond motifs is 1. The van der Waals surface area contributed by atoms with Crippen molar-refractivity contribution in [3.8, 4) is 17.3 Å². The zero-order chi connectivity index (χ0) is 23.4. The largest absolute Gasteiger partial charge is 0.370 e. The molecule has 0 aliphatic rings. The zero-order valence-electron chi connectivity index (χ0n) is 18.0. The maximum atomic E-state index is 12.6. The topological polar surface area (TPSA) is 86.3 Å². The van der Waals surface area contributed by atoms with Gasteiger partial charge in [-0.25, -0.2) is 4.98 Å². The van der Waals surface area contributed by atoms with E-state index in [9.17, 15) is 4.79 Å². The van der Waals surface area contributed by atoms with Crippen LogP contribution >= 0.6 is 11.6 Å². The van der Waals surface area contributed by atoms with Gasteiger partial charge in [-0.15, -0.1) is 0 Å². The van der Waals surface area contributed by atoms with Crippen molar-refractivity contribution in [3.05, 3.63) is 76.9 Å². The van der Waals surface area contributed by atoms with Crippen molar-refractivity contribution >= 4 is 42.3 Å². The van der Waals surface area contributed by atoms with Crippen LogP contribution in [0.15, 0.2) is 60.8 Å². The molecule has 0 bridgehead atoms. The summed E-state index contributed by atoms with van der Waals surface area (Å²) < 4.78 is 1.65. The van der Waals surface area contributed by atoms with Crippen molar-refractivity contribution < 1.29 is 4.79 Å². The highest BCUT2D eigenvalue weighted by Gasteiger charge is 2.14. The van der Waals surface area contributed by atoms with Crippen molar-refractivity contribution in [3.63, 3.8) is 0 Å². The van der Waals surface area contributed by atoms with E-state index in [1.54, 1.807) is 46.9 Å². The minimum Gasteiger partial charge on any atom is -0.370 e. The highest BCUT2D eigenvalue weighted by atomic mass is 35.5. The summed E-state index contributed by atoms with van der Waals surface area (Å²) in [6.45, 7) is 1.13. The highest BCUT2D eigenvalue weighted by molar-refractivity contribution is 6.36. The predicted molar refractivity (Wildman–Crippen MR) is 130 cm³/mol. The molecule has 2 heterocycles. The first-order valence-corrected chi connectivity index (χ1v) is 10.7. The minimum absolute atomic E-state index is 0.126. The van der Waals surface area contributed by atoms with Crippen LogP contribution in [0.25, 0.3) is 16.9 Å². The summed E-state index contributed by atoms with van der Waals surface area (Å²) in [7, 11) is 7.81. The number of halogens is 1. The van der Waals surface area contributed by atoms with Crippen molar-refractivity contribution in [1.82, 2.24) is 19.5 Å². The van der Waals surface area contributed by atoms with E-state index in [1.165, 1.54) is 0 Å². The Balaban J connectivity index is 1.45. The molecule has 0 aliphatic heterocycles. The molecule has 0 aliphatic carbocycles. The van der Waals surface area contributed by atoms with Crippen LogP contribution in [0.4, 0.5) is 5.82 Å². The van der Waals surface area contributed by atoms with Crippen molar-refractivity contribution in [1.29, 1.82) is 5.26 Å². The number of carbonyl (C=O) groups is 1. The van der Waals surface area contributed by atoms with Crippen LogP contribution in [-0.4, -0.2) is 53.4 Å². The first-order chi connectivity index (χ1) is 16.0. The molecule has 33 heavy (non-hydrogen) atoms. The van der Waals surface area contributed by atoms with Crippen LogP contribution < -0.4 is 10.8 Å². The number of nitrogens with one attached hydrogen (secondary N) is 1. The normalized spacial score (nSPS) is 10.7. The molecule has 0 unspecified atom stereocenters. The van der Waals surface area contributed by atoms with Gasteiger partial charge in [0, 0.05) is 48.5 Å². The second-order valence-corrected chi connectivity index (χ2v) is 7.95. The summed E-state index contributed by atoms with van der Waals surface area (Å²) in [6, 6.07) is 18.1. The molecule has 2 aromatic heterocycles. The smallest absolute Gasteiger partial charge is 0.253 e. The lowest BCUT2D eigenvalue weighted by atomic mass is 10.0. The molecule has 0 saturated heterocycles. The van der Waals surface area contributed by atoms with E-state index in [4.69, 9.17) is 24.7 Å². The second-order valence-electron chi connectivity index (χ2n) is 7.54. The van der Waals surface area contributed by atoms with Crippen molar-refractivity contribution in [2.75, 3.05) is 25.5 Å². The monoisotopic (exact) mass is 454 g/mol. The molecule has 1 N–H and O–H groups in total. The lowest BCUT2D eigenvalue weighted by molar-refractivity contribution is 0.0794. The van der Waals surface area contributed by atoms with Gasteiger partial charge < -0.3 is 10.2 Å². The van der Waals surface area contributed by atoms with Gasteiger partial charge in [0.2, 0.25) is 0 Å². The van der Waals surface area contributed by atoms with Gasteiger partial charge in [0.05, 0.1) is 17.3 Å². The number of aromatic nitrogens is 3. The summed E-state index contributed by atoms with van der Waals surface area (Å²) in [6.07, 6.45) is 2.26. The second kappa shape index (κ2) is 9.76. The number of benzene rings is 2. The average molecular weight is 455 g/mol. The Kier molecular flexibility index (Phi) is 6.62. The Morgan fingerprint density at radius 3 is 2.85 bits per heavy atom. The molecular weight excluding hydrogens is 435 g/mol. The maximum absolute atomic E-state index is 12.6. The fraction of sp³-hybridized carbons (Fsp3) is 0.167. The SMILES string of the molecule is [B]c1cnn2c(NCCCN(C)C(=O)c3cccc(C#N)c3)cc(-c3ccccc3Cl)nc12. The van der Waals surface area contributed by atoms with Gasteiger partial charge in [-0.2, -0.15) is 14.9 Å². The van der Waals surface area contributed by atoms with Crippen LogP contribution in [0.3, 0.4) is 0 Å². The van der Waals surface area contributed by atoms with E-state index in [1.807, 2.05) is 30.3 Å². The van der Waals surface area contributed by atoms with Crippen LogP contribution in [0.1, 0.15) is 22.3 Å². The third kappa shape index (κ3) is 4.84. The molecule has 4 aromatic rings. The maximum Gasteiger partial charge on any atom is 0.253 e. The number of nitrogens with zero attached hydrogens (tertiary/aromatic N) is 5. The number of hydrogen-bond acceptors (Lipinski definition) is 5. The lowest BCUT2D eigenvalue weighted by Gasteiger charge is -2.18. The number of carbonyl (C=O) groups excluding carboxylic acids is 1. The van der Waals surface area contributed by atoms with Gasteiger partial charge in [-0.05, 0) is 36.1 Å². The number of amides is 1. The summed E-state index contributed by atoms with van der Waals surface area (Å²) in [5.74, 6) is 0.599. The molecule has 162 valence electrons. The molecule has 0 fully saturated rings. The van der Waals surface area contributed by atoms with Gasteiger partial charge >= 0.3 is 0 Å². The van der Waals surface area contributed by atoms with Gasteiger partial charge in [-0.3, -0.25) is 4.79 Å². The molecule has 4 rings (SSSR count). The fourth-order valence-corrected chi connectivity index (χ4v) is 3.72. The molecule has 0 spiro atoms. The van der Waals surface area contributed by atoms with E-state index in [0.717, 1.165) is 11.4 Å².